The van der Waals surface area contributed by atoms with Gasteiger partial charge in [0.1, 0.15) is 0 Å². The van der Waals surface area contributed by atoms with Crippen molar-refractivity contribution in [2.75, 3.05) is 6.54 Å². The average molecular weight is 608 g/mol. The monoisotopic (exact) mass is 605 g/mol. The maximum absolute atomic E-state index is 12.6. The smallest absolute Gasteiger partial charge is 0.343 e. The number of nitrogens with zero attached hydrogens (tertiary/aromatic N) is 1. The van der Waals surface area contributed by atoms with E-state index in [-0.39, 0.29) is 12.3 Å². The molecule has 0 bridgehead atoms. The molecule has 0 atom stereocenters. The zero-order chi connectivity index (χ0) is 24.7. The van der Waals surface area contributed by atoms with Crippen LogP contribution in [0.2, 0.25) is 5.02 Å². The Morgan fingerprint density at radius 3 is 2.47 bits per heavy atom. The van der Waals surface area contributed by atoms with Gasteiger partial charge >= 0.3 is 5.97 Å². The molecule has 0 aromatic heterocycles. The Morgan fingerprint density at radius 1 is 1.03 bits per heavy atom. The van der Waals surface area contributed by atoms with Gasteiger partial charge in [-0.2, -0.15) is 5.10 Å². The summed E-state index contributed by atoms with van der Waals surface area (Å²) in [7, 11) is 0. The fraction of sp³-hybridized carbons (Fsp3) is 0.0833. The van der Waals surface area contributed by atoms with E-state index in [1.54, 1.807) is 54.6 Å². The topological polar surface area (TPSA) is 96.9 Å². The summed E-state index contributed by atoms with van der Waals surface area (Å²) in [6.07, 6.45) is 1.34. The molecule has 174 valence electrons. The van der Waals surface area contributed by atoms with E-state index in [0.29, 0.717) is 30.7 Å². The second-order valence-corrected chi connectivity index (χ2v) is 9.25. The number of nitrogens with one attached hydrogen (secondary N) is 2. The van der Waals surface area contributed by atoms with Crippen LogP contribution in [0.4, 0.5) is 0 Å². The largest absolute Gasteiger partial charge is 0.421 e. The van der Waals surface area contributed by atoms with Gasteiger partial charge in [-0.15, -0.1) is 0 Å². The van der Waals surface area contributed by atoms with Crippen LogP contribution in [0.25, 0.3) is 0 Å². The highest BCUT2D eigenvalue weighted by atomic mass is 79.9. The molecule has 0 saturated heterocycles. The van der Waals surface area contributed by atoms with E-state index in [1.165, 1.54) is 6.21 Å². The van der Waals surface area contributed by atoms with Crippen molar-refractivity contribution in [2.24, 2.45) is 5.10 Å². The van der Waals surface area contributed by atoms with Crippen LogP contribution in [0.15, 0.2) is 74.7 Å². The van der Waals surface area contributed by atoms with E-state index in [0.717, 1.165) is 5.56 Å². The summed E-state index contributed by atoms with van der Waals surface area (Å²) < 4.78 is 6.81. The molecule has 3 aromatic rings. The summed E-state index contributed by atoms with van der Waals surface area (Å²) in [6.45, 7) is 1.60. The van der Waals surface area contributed by atoms with Gasteiger partial charge in [0.25, 0.3) is 11.8 Å². The number of ether oxygens (including phenoxy) is 1. The quantitative estimate of drug-likeness (QED) is 0.166. The number of benzene rings is 3. The first-order chi connectivity index (χ1) is 16.2. The zero-order valence-corrected chi connectivity index (χ0v) is 21.7. The van der Waals surface area contributed by atoms with E-state index in [2.05, 4.69) is 47.7 Å². The standard InChI is InChI=1S/C24H18Br2ClN3O4/c1-14-3-2-4-16(9-14)24(33)34-22-17(10-18(25)11-20(22)26)12-29-30-21(31)13-28-23(32)15-5-7-19(27)8-6-15/h2-12H,13H2,1H3,(H,28,32)(H,30,31). The fourth-order valence-corrected chi connectivity index (χ4v) is 4.25. The van der Waals surface area contributed by atoms with Crippen LogP contribution in [0.1, 0.15) is 31.8 Å². The number of amides is 2. The van der Waals surface area contributed by atoms with E-state index in [1.807, 2.05) is 13.0 Å². The van der Waals surface area contributed by atoms with Crippen molar-refractivity contribution in [1.82, 2.24) is 10.7 Å². The summed E-state index contributed by atoms with van der Waals surface area (Å²) in [4.78, 5) is 36.8. The highest BCUT2D eigenvalue weighted by Crippen LogP contribution is 2.32. The molecule has 0 spiro atoms. The maximum Gasteiger partial charge on any atom is 0.343 e. The van der Waals surface area contributed by atoms with Crippen molar-refractivity contribution < 1.29 is 19.1 Å². The van der Waals surface area contributed by atoms with Crippen LogP contribution in [-0.2, 0) is 4.79 Å². The van der Waals surface area contributed by atoms with Gasteiger partial charge in [0.2, 0.25) is 0 Å². The molecule has 3 aromatic carbocycles. The summed E-state index contributed by atoms with van der Waals surface area (Å²) in [5.41, 5.74) is 4.47. The molecule has 7 nitrogen and oxygen atoms in total. The van der Waals surface area contributed by atoms with Gasteiger partial charge in [0.05, 0.1) is 22.8 Å². The summed E-state index contributed by atoms with van der Waals surface area (Å²) in [5.74, 6) is -1.25. The Labute approximate surface area is 217 Å². The number of halogens is 3. The van der Waals surface area contributed by atoms with Crippen molar-refractivity contribution in [1.29, 1.82) is 0 Å². The number of carbonyl (C=O) groups is 3. The lowest BCUT2D eigenvalue weighted by Gasteiger charge is -2.11. The molecule has 0 heterocycles. The molecule has 2 amide bonds. The Kier molecular flexibility index (Phi) is 8.98. The summed E-state index contributed by atoms with van der Waals surface area (Å²) in [5, 5.41) is 6.91. The minimum atomic E-state index is -0.536. The molecular weight excluding hydrogens is 590 g/mol. The molecule has 0 aliphatic carbocycles. The Balaban J connectivity index is 1.64. The van der Waals surface area contributed by atoms with Crippen LogP contribution >= 0.6 is 43.5 Å². The van der Waals surface area contributed by atoms with Gasteiger partial charge in [0.15, 0.2) is 5.75 Å². The van der Waals surface area contributed by atoms with Crippen LogP contribution < -0.4 is 15.5 Å². The normalized spacial score (nSPS) is 10.7. The first-order valence-corrected chi connectivity index (χ1v) is 11.8. The molecule has 0 aliphatic rings. The fourth-order valence-electron chi connectivity index (χ4n) is 2.78. The van der Waals surface area contributed by atoms with Gasteiger partial charge < -0.3 is 10.1 Å². The number of carbonyl (C=O) groups excluding carboxylic acids is 3. The maximum atomic E-state index is 12.6. The van der Waals surface area contributed by atoms with Crippen LogP contribution in [-0.4, -0.2) is 30.5 Å². The van der Waals surface area contributed by atoms with Gasteiger partial charge in [-0.25, -0.2) is 10.2 Å². The third-order valence-electron chi connectivity index (χ3n) is 4.39. The number of esters is 1. The number of rotatable bonds is 7. The predicted molar refractivity (Wildman–Crippen MR) is 138 cm³/mol. The molecule has 0 fully saturated rings. The van der Waals surface area contributed by atoms with E-state index < -0.39 is 17.8 Å². The molecule has 3 rings (SSSR count). The van der Waals surface area contributed by atoms with Gasteiger partial charge in [0, 0.05) is 20.6 Å². The second-order valence-electron chi connectivity index (χ2n) is 7.05. The number of hydrogen-bond acceptors (Lipinski definition) is 5. The van der Waals surface area contributed by atoms with Crippen molar-refractivity contribution in [3.63, 3.8) is 0 Å². The lowest BCUT2D eigenvalue weighted by Crippen LogP contribution is -2.34. The minimum absolute atomic E-state index is 0.240. The number of hydrogen-bond donors (Lipinski definition) is 2. The Hall–Kier alpha value is -3.01. The highest BCUT2D eigenvalue weighted by Gasteiger charge is 2.15. The molecule has 10 heteroatoms. The predicted octanol–water partition coefficient (Wildman–Crippen LogP) is 5.27. The van der Waals surface area contributed by atoms with Crippen molar-refractivity contribution in [2.45, 2.75) is 6.92 Å². The van der Waals surface area contributed by atoms with E-state index in [4.69, 9.17) is 16.3 Å². The van der Waals surface area contributed by atoms with Gasteiger partial charge in [-0.1, -0.05) is 45.2 Å². The molecule has 0 saturated carbocycles. The third kappa shape index (κ3) is 7.24. The average Bonchev–Trinajstić information content (AvgIpc) is 2.80. The highest BCUT2D eigenvalue weighted by molar-refractivity contribution is 9.11. The second kappa shape index (κ2) is 11.9. The molecular formula is C24H18Br2ClN3O4. The lowest BCUT2D eigenvalue weighted by atomic mass is 10.1. The molecule has 34 heavy (non-hydrogen) atoms. The number of hydrazone groups is 1. The van der Waals surface area contributed by atoms with Crippen molar-refractivity contribution in [3.8, 4) is 5.75 Å². The van der Waals surface area contributed by atoms with Crippen LogP contribution in [0.3, 0.4) is 0 Å². The Morgan fingerprint density at radius 2 is 1.76 bits per heavy atom. The first kappa shape index (κ1) is 25.6. The minimum Gasteiger partial charge on any atom is -0.421 e. The summed E-state index contributed by atoms with van der Waals surface area (Å²) in [6, 6.07) is 16.7. The van der Waals surface area contributed by atoms with E-state index >= 15 is 0 Å². The van der Waals surface area contributed by atoms with Gasteiger partial charge in [-0.05, 0) is 71.4 Å². The van der Waals surface area contributed by atoms with Crippen LogP contribution in [0, 0.1) is 6.92 Å². The van der Waals surface area contributed by atoms with Crippen molar-refractivity contribution in [3.05, 3.63) is 96.9 Å². The molecule has 2 N–H and O–H groups in total. The molecule has 0 radical (unpaired) electrons. The SMILES string of the molecule is Cc1cccc(C(=O)Oc2c(Br)cc(Br)cc2C=NNC(=O)CNC(=O)c2ccc(Cl)cc2)c1. The van der Waals surface area contributed by atoms with Gasteiger partial charge in [-0.3, -0.25) is 9.59 Å². The Bertz CT molecular complexity index is 1260. The van der Waals surface area contributed by atoms with Crippen molar-refractivity contribution >= 4 is 67.5 Å². The summed E-state index contributed by atoms with van der Waals surface area (Å²) >= 11 is 12.6. The zero-order valence-electron chi connectivity index (χ0n) is 17.8. The molecule has 0 unspecified atom stereocenters. The third-order valence-corrected chi connectivity index (χ3v) is 5.69. The molecule has 0 aliphatic heterocycles. The number of aryl methyl sites for hydroxylation is 1. The van der Waals surface area contributed by atoms with E-state index in [9.17, 15) is 14.4 Å². The lowest BCUT2D eigenvalue weighted by molar-refractivity contribution is -0.120. The first-order valence-electron chi connectivity index (χ1n) is 9.86. The van der Waals surface area contributed by atoms with Crippen LogP contribution in [0.5, 0.6) is 5.75 Å².